The smallest absolute Gasteiger partial charge is 0.0679 e. The Kier molecular flexibility index (Phi) is 3.61. The van der Waals surface area contributed by atoms with Crippen molar-refractivity contribution in [2.75, 3.05) is 0 Å². The maximum atomic E-state index is 2.61. The Morgan fingerprint density at radius 2 is 1.19 bits per heavy atom. The van der Waals surface area contributed by atoms with E-state index in [1.165, 1.54) is 22.3 Å². The molecule has 0 spiro atoms. The van der Waals surface area contributed by atoms with Gasteiger partial charge in [-0.3, -0.25) is 0 Å². The summed E-state index contributed by atoms with van der Waals surface area (Å²) in [6, 6.07) is 25.1. The average molecular weight is 367 g/mol. The first-order valence-corrected chi connectivity index (χ1v) is 13.1. The van der Waals surface area contributed by atoms with Gasteiger partial charge in [-0.05, 0) is 52.8 Å². The molecule has 0 saturated carbocycles. The Morgan fingerprint density at radius 3 is 1.81 bits per heavy atom. The van der Waals surface area contributed by atoms with E-state index in [-0.39, 0.29) is 0 Å². The molecule has 2 aliphatic carbocycles. The van der Waals surface area contributed by atoms with E-state index < -0.39 is 8.07 Å². The van der Waals surface area contributed by atoms with Crippen molar-refractivity contribution in [1.82, 2.24) is 0 Å². The highest BCUT2D eigenvalue weighted by molar-refractivity contribution is 6.81. The summed E-state index contributed by atoms with van der Waals surface area (Å²) in [5.41, 5.74) is 13.1. The fourth-order valence-electron chi connectivity index (χ4n) is 5.82. The van der Waals surface area contributed by atoms with Crippen LogP contribution >= 0.6 is 0 Å². The molecule has 0 N–H and O–H groups in total. The summed E-state index contributed by atoms with van der Waals surface area (Å²) < 4.78 is 0. The van der Waals surface area contributed by atoms with Crippen LogP contribution in [0.25, 0.3) is 17.2 Å². The summed E-state index contributed by atoms with van der Waals surface area (Å²) in [5.74, 6) is 0. The number of rotatable bonds is 2. The first-order valence-electron chi connectivity index (χ1n) is 9.96. The standard InChI is InChI=1S/C26H26Si/c1-17-10-9-15-23-24(17)16-18(2)25(23)27(3,4)26-21-13-7-5-11-19(21)20-12-6-8-14-22(20)26/h5-16,25-26H,1-4H3. The van der Waals surface area contributed by atoms with E-state index in [1.54, 1.807) is 22.3 Å². The molecule has 0 amide bonds. The Morgan fingerprint density at radius 1 is 0.630 bits per heavy atom. The van der Waals surface area contributed by atoms with Crippen molar-refractivity contribution in [3.63, 3.8) is 0 Å². The average Bonchev–Trinajstić information content (AvgIpc) is 3.18. The number of allylic oxidation sites excluding steroid dienone is 1. The Balaban J connectivity index is 1.72. The van der Waals surface area contributed by atoms with Gasteiger partial charge in [0.25, 0.3) is 0 Å². The number of fused-ring (bicyclic) bond motifs is 4. The summed E-state index contributed by atoms with van der Waals surface area (Å²) in [4.78, 5) is 0. The zero-order chi connectivity index (χ0) is 18.8. The molecule has 0 heterocycles. The summed E-state index contributed by atoms with van der Waals surface area (Å²) in [6.45, 7) is 9.82. The molecular formula is C26H26Si. The Bertz CT molecular complexity index is 1040. The summed E-state index contributed by atoms with van der Waals surface area (Å²) in [6.07, 6.45) is 2.46. The van der Waals surface area contributed by atoms with E-state index in [4.69, 9.17) is 0 Å². The first kappa shape index (κ1) is 16.8. The number of aryl methyl sites for hydroxylation is 1. The van der Waals surface area contributed by atoms with Gasteiger partial charge in [0.1, 0.15) is 0 Å². The van der Waals surface area contributed by atoms with Gasteiger partial charge >= 0.3 is 0 Å². The molecule has 0 bridgehead atoms. The molecule has 1 atom stereocenters. The predicted molar refractivity (Wildman–Crippen MR) is 119 cm³/mol. The molecule has 3 aromatic rings. The van der Waals surface area contributed by atoms with Crippen LogP contribution in [0.15, 0.2) is 72.3 Å². The molecule has 5 rings (SSSR count). The molecule has 0 aliphatic heterocycles. The van der Waals surface area contributed by atoms with Crippen LogP contribution in [-0.2, 0) is 0 Å². The second kappa shape index (κ2) is 5.81. The quantitative estimate of drug-likeness (QED) is 0.424. The van der Waals surface area contributed by atoms with Crippen molar-refractivity contribution in [2.24, 2.45) is 0 Å². The van der Waals surface area contributed by atoms with E-state index in [2.05, 4.69) is 99.7 Å². The SMILES string of the molecule is CC1=Cc2c(C)cccc2C1[Si](C)(C)C1c2ccccc2-c2ccccc21. The van der Waals surface area contributed by atoms with Crippen LogP contribution in [-0.4, -0.2) is 8.07 Å². The largest absolute Gasteiger partial charge is 0.0726 e. The fraction of sp³-hybridized carbons (Fsp3) is 0.231. The second-order valence-electron chi connectivity index (χ2n) is 8.83. The topological polar surface area (TPSA) is 0 Å². The summed E-state index contributed by atoms with van der Waals surface area (Å²) in [7, 11) is -1.75. The van der Waals surface area contributed by atoms with Gasteiger partial charge in [0.2, 0.25) is 0 Å². The predicted octanol–water partition coefficient (Wildman–Crippen LogP) is 7.09. The van der Waals surface area contributed by atoms with Gasteiger partial charge in [0, 0.05) is 11.1 Å². The van der Waals surface area contributed by atoms with Gasteiger partial charge in [0.15, 0.2) is 0 Å². The monoisotopic (exact) mass is 366 g/mol. The molecule has 134 valence electrons. The third kappa shape index (κ3) is 2.28. The highest BCUT2D eigenvalue weighted by Gasteiger charge is 2.48. The highest BCUT2D eigenvalue weighted by atomic mass is 28.3. The molecule has 1 unspecified atom stereocenters. The van der Waals surface area contributed by atoms with Crippen LogP contribution in [0.3, 0.4) is 0 Å². The van der Waals surface area contributed by atoms with Crippen LogP contribution in [0, 0.1) is 6.92 Å². The third-order valence-electron chi connectivity index (χ3n) is 6.82. The Hall–Kier alpha value is -2.38. The lowest BCUT2D eigenvalue weighted by Crippen LogP contribution is -2.42. The Labute approximate surface area is 163 Å². The fourth-order valence-corrected chi connectivity index (χ4v) is 10.6. The number of hydrogen-bond donors (Lipinski definition) is 0. The van der Waals surface area contributed by atoms with Gasteiger partial charge in [-0.2, -0.15) is 0 Å². The molecular weight excluding hydrogens is 340 g/mol. The molecule has 1 heteroatoms. The lowest BCUT2D eigenvalue weighted by atomic mass is 10.0. The van der Waals surface area contributed by atoms with E-state index in [0.29, 0.717) is 11.1 Å². The highest BCUT2D eigenvalue weighted by Crippen LogP contribution is 2.55. The molecule has 0 aromatic heterocycles. The minimum atomic E-state index is -1.75. The van der Waals surface area contributed by atoms with Crippen molar-refractivity contribution >= 4 is 14.1 Å². The van der Waals surface area contributed by atoms with Crippen LogP contribution in [0.2, 0.25) is 13.1 Å². The maximum absolute atomic E-state index is 2.61. The van der Waals surface area contributed by atoms with Crippen LogP contribution < -0.4 is 0 Å². The van der Waals surface area contributed by atoms with Crippen molar-refractivity contribution in [3.8, 4) is 11.1 Å². The van der Waals surface area contributed by atoms with Crippen LogP contribution in [0.1, 0.15) is 45.8 Å². The molecule has 3 aromatic carbocycles. The number of benzene rings is 3. The van der Waals surface area contributed by atoms with E-state index in [0.717, 1.165) is 0 Å². The van der Waals surface area contributed by atoms with E-state index >= 15 is 0 Å². The van der Waals surface area contributed by atoms with E-state index in [9.17, 15) is 0 Å². The van der Waals surface area contributed by atoms with Gasteiger partial charge in [0.05, 0.1) is 8.07 Å². The van der Waals surface area contributed by atoms with Gasteiger partial charge in [-0.1, -0.05) is 91.5 Å². The van der Waals surface area contributed by atoms with Crippen molar-refractivity contribution in [3.05, 3.63) is 100 Å². The van der Waals surface area contributed by atoms with Crippen molar-refractivity contribution in [2.45, 2.75) is 38.0 Å². The minimum Gasteiger partial charge on any atom is -0.0679 e. The van der Waals surface area contributed by atoms with Gasteiger partial charge in [-0.25, -0.2) is 0 Å². The van der Waals surface area contributed by atoms with Gasteiger partial charge < -0.3 is 0 Å². The second-order valence-corrected chi connectivity index (χ2v) is 13.6. The lowest BCUT2D eigenvalue weighted by molar-refractivity contribution is 0.985. The summed E-state index contributed by atoms with van der Waals surface area (Å²) in [5, 5.41) is 0. The number of hydrogen-bond acceptors (Lipinski definition) is 0. The molecule has 0 saturated heterocycles. The molecule has 0 radical (unpaired) electrons. The van der Waals surface area contributed by atoms with Crippen molar-refractivity contribution < 1.29 is 0 Å². The third-order valence-corrected chi connectivity index (χ3v) is 11.2. The molecule has 0 nitrogen and oxygen atoms in total. The van der Waals surface area contributed by atoms with Crippen molar-refractivity contribution in [1.29, 1.82) is 0 Å². The molecule has 0 fully saturated rings. The maximum Gasteiger partial charge on any atom is 0.0726 e. The van der Waals surface area contributed by atoms with Crippen LogP contribution in [0.5, 0.6) is 0 Å². The van der Waals surface area contributed by atoms with Crippen LogP contribution in [0.4, 0.5) is 0 Å². The molecule has 2 aliphatic rings. The minimum absolute atomic E-state index is 0.546. The van der Waals surface area contributed by atoms with Gasteiger partial charge in [-0.15, -0.1) is 0 Å². The normalized spacial score (nSPS) is 18.1. The van der Waals surface area contributed by atoms with E-state index in [1.807, 2.05) is 0 Å². The first-order chi connectivity index (χ1) is 13.0. The zero-order valence-corrected chi connectivity index (χ0v) is 17.6. The molecule has 27 heavy (non-hydrogen) atoms. The lowest BCUT2D eigenvalue weighted by Gasteiger charge is -2.38. The zero-order valence-electron chi connectivity index (χ0n) is 16.6. The summed E-state index contributed by atoms with van der Waals surface area (Å²) >= 11 is 0.